The van der Waals surface area contributed by atoms with E-state index < -0.39 is 0 Å². The summed E-state index contributed by atoms with van der Waals surface area (Å²) in [6.07, 6.45) is 0.384. The van der Waals surface area contributed by atoms with Gasteiger partial charge in [0, 0.05) is 16.5 Å². The number of halogens is 1. The van der Waals surface area contributed by atoms with Gasteiger partial charge in [-0.05, 0) is 17.7 Å². The van der Waals surface area contributed by atoms with Crippen LogP contribution in [0.4, 0.5) is 0 Å². The molecule has 0 saturated carbocycles. The van der Waals surface area contributed by atoms with Crippen LogP contribution in [0.2, 0.25) is 0 Å². The van der Waals surface area contributed by atoms with E-state index >= 15 is 0 Å². The van der Waals surface area contributed by atoms with Crippen LogP contribution in [0.15, 0.2) is 53.0 Å². The zero-order valence-electron chi connectivity index (χ0n) is 10.0. The maximum Gasteiger partial charge on any atom is 0.167 e. The monoisotopic (exact) mass is 304 g/mol. The van der Waals surface area contributed by atoms with Gasteiger partial charge in [-0.25, -0.2) is 0 Å². The second-order valence-electron chi connectivity index (χ2n) is 3.92. The highest BCUT2D eigenvalue weighted by molar-refractivity contribution is 9.10. The number of hydrogen-bond donors (Lipinski definition) is 0. The number of ketones is 1. The Morgan fingerprint density at radius 3 is 2.50 bits per heavy atom. The van der Waals surface area contributed by atoms with Gasteiger partial charge in [-0.3, -0.25) is 4.79 Å². The minimum atomic E-state index is 0.112. The molecule has 3 heteroatoms. The zero-order chi connectivity index (χ0) is 13.0. The van der Waals surface area contributed by atoms with E-state index in [0.29, 0.717) is 6.42 Å². The largest absolute Gasteiger partial charge is 0.497 e. The number of hydrogen-bond acceptors (Lipinski definition) is 2. The van der Waals surface area contributed by atoms with Gasteiger partial charge in [-0.2, -0.15) is 0 Å². The summed E-state index contributed by atoms with van der Waals surface area (Å²) in [4.78, 5) is 12.1. The van der Waals surface area contributed by atoms with Crippen molar-refractivity contribution in [3.8, 4) is 5.75 Å². The standard InChI is InChI=1S/C15H13BrO2/c1-18-13-8-7-12(14(16)10-13)9-15(17)11-5-3-2-4-6-11/h2-8,10H,9H2,1H3. The quantitative estimate of drug-likeness (QED) is 0.801. The van der Waals surface area contributed by atoms with Crippen molar-refractivity contribution in [1.82, 2.24) is 0 Å². The maximum absolute atomic E-state index is 12.1. The summed E-state index contributed by atoms with van der Waals surface area (Å²) >= 11 is 3.46. The predicted molar refractivity (Wildman–Crippen MR) is 75.2 cm³/mol. The highest BCUT2D eigenvalue weighted by Gasteiger charge is 2.09. The lowest BCUT2D eigenvalue weighted by Gasteiger charge is -2.06. The molecule has 0 amide bonds. The van der Waals surface area contributed by atoms with Crippen molar-refractivity contribution in [3.63, 3.8) is 0 Å². The Balaban J connectivity index is 2.17. The number of Topliss-reactive ketones (excluding diaryl/α,β-unsaturated/α-hetero) is 1. The zero-order valence-corrected chi connectivity index (χ0v) is 11.6. The van der Waals surface area contributed by atoms with Crippen LogP contribution in [0.25, 0.3) is 0 Å². The molecule has 0 bridgehead atoms. The first-order valence-electron chi connectivity index (χ1n) is 5.61. The fraction of sp³-hybridized carbons (Fsp3) is 0.133. The first kappa shape index (κ1) is 12.8. The first-order valence-corrected chi connectivity index (χ1v) is 6.40. The molecule has 0 saturated heterocycles. The van der Waals surface area contributed by atoms with Gasteiger partial charge in [0.2, 0.25) is 0 Å². The van der Waals surface area contributed by atoms with Crippen LogP contribution in [-0.2, 0) is 6.42 Å². The van der Waals surface area contributed by atoms with E-state index in [4.69, 9.17) is 4.74 Å². The van der Waals surface area contributed by atoms with Gasteiger partial charge in [0.25, 0.3) is 0 Å². The molecule has 0 radical (unpaired) electrons. The maximum atomic E-state index is 12.1. The van der Waals surface area contributed by atoms with Crippen LogP contribution in [0.5, 0.6) is 5.75 Å². The molecular formula is C15H13BrO2. The molecule has 0 heterocycles. The number of carbonyl (C=O) groups excluding carboxylic acids is 1. The highest BCUT2D eigenvalue weighted by atomic mass is 79.9. The number of methoxy groups -OCH3 is 1. The third-order valence-corrected chi connectivity index (χ3v) is 3.45. The second kappa shape index (κ2) is 5.83. The molecule has 92 valence electrons. The molecule has 0 aliphatic carbocycles. The summed E-state index contributed by atoms with van der Waals surface area (Å²) in [5.74, 6) is 0.888. The number of ether oxygens (including phenoxy) is 1. The number of benzene rings is 2. The summed E-state index contributed by atoms with van der Waals surface area (Å²) in [6.45, 7) is 0. The van der Waals surface area contributed by atoms with E-state index in [1.165, 1.54) is 0 Å². The molecule has 0 aliphatic rings. The SMILES string of the molecule is COc1ccc(CC(=O)c2ccccc2)c(Br)c1. The summed E-state index contributed by atoms with van der Waals surface area (Å²) in [5, 5.41) is 0. The van der Waals surface area contributed by atoms with Crippen molar-refractivity contribution < 1.29 is 9.53 Å². The summed E-state index contributed by atoms with van der Waals surface area (Å²) < 4.78 is 6.02. The summed E-state index contributed by atoms with van der Waals surface area (Å²) in [7, 11) is 1.62. The van der Waals surface area contributed by atoms with Gasteiger partial charge in [-0.1, -0.05) is 52.3 Å². The Hall–Kier alpha value is -1.61. The molecule has 0 atom stereocenters. The van der Waals surface area contributed by atoms with Gasteiger partial charge >= 0.3 is 0 Å². The minimum absolute atomic E-state index is 0.112. The number of rotatable bonds is 4. The fourth-order valence-corrected chi connectivity index (χ4v) is 2.20. The third-order valence-electron chi connectivity index (χ3n) is 2.71. The predicted octanol–water partition coefficient (Wildman–Crippen LogP) is 3.88. The normalized spacial score (nSPS) is 10.1. The lowest BCUT2D eigenvalue weighted by Crippen LogP contribution is -2.03. The second-order valence-corrected chi connectivity index (χ2v) is 4.78. The van der Waals surface area contributed by atoms with Crippen LogP contribution in [-0.4, -0.2) is 12.9 Å². The van der Waals surface area contributed by atoms with E-state index in [1.54, 1.807) is 7.11 Å². The van der Waals surface area contributed by atoms with E-state index in [9.17, 15) is 4.79 Å². The molecular weight excluding hydrogens is 292 g/mol. The summed E-state index contributed by atoms with van der Waals surface area (Å²) in [5.41, 5.74) is 1.70. The van der Waals surface area contributed by atoms with E-state index in [1.807, 2.05) is 48.5 Å². The third kappa shape index (κ3) is 2.99. The number of carbonyl (C=O) groups is 1. The Morgan fingerprint density at radius 2 is 1.89 bits per heavy atom. The fourth-order valence-electron chi connectivity index (χ4n) is 1.70. The Labute approximate surface area is 115 Å². The summed E-state index contributed by atoms with van der Waals surface area (Å²) in [6, 6.07) is 14.9. The van der Waals surface area contributed by atoms with Crippen molar-refractivity contribution in [1.29, 1.82) is 0 Å². The van der Waals surface area contributed by atoms with E-state index in [0.717, 1.165) is 21.3 Å². The van der Waals surface area contributed by atoms with Crippen LogP contribution in [0.3, 0.4) is 0 Å². The lowest BCUT2D eigenvalue weighted by molar-refractivity contribution is 0.0993. The van der Waals surface area contributed by atoms with Crippen LogP contribution < -0.4 is 4.74 Å². The van der Waals surface area contributed by atoms with Gasteiger partial charge in [0.1, 0.15) is 5.75 Å². The van der Waals surface area contributed by atoms with Crippen molar-refractivity contribution in [2.45, 2.75) is 6.42 Å². The first-order chi connectivity index (χ1) is 8.70. The van der Waals surface area contributed by atoms with Gasteiger partial charge in [0.15, 0.2) is 5.78 Å². The smallest absolute Gasteiger partial charge is 0.167 e. The molecule has 2 rings (SSSR count). The molecule has 2 aromatic rings. The van der Waals surface area contributed by atoms with E-state index in [-0.39, 0.29) is 5.78 Å². The van der Waals surface area contributed by atoms with E-state index in [2.05, 4.69) is 15.9 Å². The van der Waals surface area contributed by atoms with Gasteiger partial charge in [0.05, 0.1) is 7.11 Å². The van der Waals surface area contributed by atoms with Crippen molar-refractivity contribution in [2.24, 2.45) is 0 Å². The van der Waals surface area contributed by atoms with Gasteiger partial charge in [-0.15, -0.1) is 0 Å². The Morgan fingerprint density at radius 1 is 1.17 bits per heavy atom. The van der Waals surface area contributed by atoms with Crippen molar-refractivity contribution >= 4 is 21.7 Å². The molecule has 0 N–H and O–H groups in total. The molecule has 2 nitrogen and oxygen atoms in total. The van der Waals surface area contributed by atoms with Crippen molar-refractivity contribution in [3.05, 3.63) is 64.1 Å². The average molecular weight is 305 g/mol. The van der Waals surface area contributed by atoms with Crippen LogP contribution in [0, 0.1) is 0 Å². The lowest BCUT2D eigenvalue weighted by atomic mass is 10.0. The molecule has 0 aliphatic heterocycles. The molecule has 0 fully saturated rings. The molecule has 2 aromatic carbocycles. The highest BCUT2D eigenvalue weighted by Crippen LogP contribution is 2.24. The molecule has 0 aromatic heterocycles. The van der Waals surface area contributed by atoms with Crippen LogP contribution in [0.1, 0.15) is 15.9 Å². The van der Waals surface area contributed by atoms with Crippen LogP contribution >= 0.6 is 15.9 Å². The molecule has 0 unspecified atom stereocenters. The van der Waals surface area contributed by atoms with Gasteiger partial charge < -0.3 is 4.74 Å². The molecule has 0 spiro atoms. The van der Waals surface area contributed by atoms with Crippen molar-refractivity contribution in [2.75, 3.05) is 7.11 Å². The average Bonchev–Trinajstić information content (AvgIpc) is 2.42. The minimum Gasteiger partial charge on any atom is -0.497 e. The Bertz CT molecular complexity index is 550. The Kier molecular flexibility index (Phi) is 4.15. The molecule has 18 heavy (non-hydrogen) atoms. The topological polar surface area (TPSA) is 26.3 Å².